The van der Waals surface area contributed by atoms with Crippen LogP contribution in [0.2, 0.25) is 0 Å². The first kappa shape index (κ1) is 17.4. The molecular formula is C20H14BrFN4O. The van der Waals surface area contributed by atoms with E-state index in [0.717, 1.165) is 27.8 Å². The summed E-state index contributed by atoms with van der Waals surface area (Å²) in [5.41, 5.74) is 3.88. The minimum absolute atomic E-state index is 0.116. The number of benzene rings is 2. The van der Waals surface area contributed by atoms with Crippen molar-refractivity contribution in [1.29, 1.82) is 0 Å². The number of hydrogen-bond donors (Lipinski definition) is 2. The van der Waals surface area contributed by atoms with E-state index in [1.165, 1.54) is 12.4 Å². The zero-order valence-corrected chi connectivity index (χ0v) is 15.9. The van der Waals surface area contributed by atoms with E-state index >= 15 is 0 Å². The molecule has 0 bridgehead atoms. The van der Waals surface area contributed by atoms with Crippen LogP contribution in [0.15, 0.2) is 41.1 Å². The summed E-state index contributed by atoms with van der Waals surface area (Å²) in [6.45, 7) is 2.21. The van der Waals surface area contributed by atoms with Crippen molar-refractivity contribution in [1.82, 2.24) is 9.97 Å². The lowest BCUT2D eigenvalue weighted by Gasteiger charge is -2.13. The molecule has 4 rings (SSSR count). The van der Waals surface area contributed by atoms with E-state index in [1.807, 2.05) is 12.1 Å². The lowest BCUT2D eigenvalue weighted by molar-refractivity contribution is -0.111. The molecule has 1 aliphatic rings. The van der Waals surface area contributed by atoms with Gasteiger partial charge < -0.3 is 10.6 Å². The molecule has 0 fully saturated rings. The fraction of sp³-hybridized carbons (Fsp3) is 0.150. The summed E-state index contributed by atoms with van der Waals surface area (Å²) in [6.07, 6.45) is 1.51. The molecule has 0 saturated carbocycles. The number of aromatic nitrogens is 2. The lowest BCUT2D eigenvalue weighted by Crippen LogP contribution is -2.10. The molecule has 0 saturated heterocycles. The van der Waals surface area contributed by atoms with Crippen LogP contribution in [0, 0.1) is 17.7 Å². The van der Waals surface area contributed by atoms with Crippen molar-refractivity contribution < 1.29 is 9.18 Å². The molecule has 1 aliphatic heterocycles. The molecule has 1 aromatic heterocycles. The molecule has 1 amide bonds. The quantitative estimate of drug-likeness (QED) is 0.608. The minimum Gasteiger partial charge on any atom is -0.384 e. The van der Waals surface area contributed by atoms with Crippen LogP contribution in [0.3, 0.4) is 0 Å². The summed E-state index contributed by atoms with van der Waals surface area (Å²) in [4.78, 5) is 20.5. The van der Waals surface area contributed by atoms with Crippen LogP contribution < -0.4 is 10.6 Å². The van der Waals surface area contributed by atoms with Gasteiger partial charge in [-0.05, 0) is 64.7 Å². The van der Waals surface area contributed by atoms with Crippen molar-refractivity contribution in [2.24, 2.45) is 0 Å². The SMILES string of the molecule is CC#CC(=O)Nc1ccc2ncnc(C3CNc4cc(Br)c(F)cc43)c2c1. The summed E-state index contributed by atoms with van der Waals surface area (Å²) in [5, 5.41) is 6.85. The fourth-order valence-electron chi connectivity index (χ4n) is 3.28. The summed E-state index contributed by atoms with van der Waals surface area (Å²) in [5.74, 6) is 4.21. The highest BCUT2D eigenvalue weighted by Gasteiger charge is 2.28. The van der Waals surface area contributed by atoms with Crippen molar-refractivity contribution in [2.45, 2.75) is 12.8 Å². The van der Waals surface area contributed by atoms with Gasteiger partial charge in [-0.25, -0.2) is 14.4 Å². The summed E-state index contributed by atoms with van der Waals surface area (Å²) >= 11 is 3.22. The second kappa shape index (κ2) is 6.97. The van der Waals surface area contributed by atoms with Crippen molar-refractivity contribution >= 4 is 44.1 Å². The van der Waals surface area contributed by atoms with Crippen molar-refractivity contribution in [2.75, 3.05) is 17.2 Å². The van der Waals surface area contributed by atoms with Gasteiger partial charge in [-0.1, -0.05) is 5.92 Å². The van der Waals surface area contributed by atoms with Crippen LogP contribution in [0.4, 0.5) is 15.8 Å². The maximum Gasteiger partial charge on any atom is 0.300 e. The Morgan fingerprint density at radius 1 is 1.33 bits per heavy atom. The second-order valence-corrected chi connectivity index (χ2v) is 6.96. The molecule has 0 radical (unpaired) electrons. The van der Waals surface area contributed by atoms with Gasteiger partial charge in [0.05, 0.1) is 15.7 Å². The van der Waals surface area contributed by atoms with Crippen LogP contribution in [-0.2, 0) is 4.79 Å². The number of carbonyl (C=O) groups excluding carboxylic acids is 1. The Balaban J connectivity index is 1.80. The fourth-order valence-corrected chi connectivity index (χ4v) is 3.62. The van der Waals surface area contributed by atoms with E-state index in [2.05, 4.69) is 48.4 Å². The Kier molecular flexibility index (Phi) is 4.50. The third kappa shape index (κ3) is 3.24. The van der Waals surface area contributed by atoms with E-state index in [9.17, 15) is 9.18 Å². The number of nitrogens with zero attached hydrogens (tertiary/aromatic N) is 2. The average molecular weight is 425 g/mol. The van der Waals surface area contributed by atoms with Gasteiger partial charge in [-0.2, -0.15) is 0 Å². The average Bonchev–Trinajstić information content (AvgIpc) is 3.04. The molecule has 5 nitrogen and oxygen atoms in total. The Morgan fingerprint density at radius 2 is 2.19 bits per heavy atom. The van der Waals surface area contributed by atoms with E-state index in [-0.39, 0.29) is 17.6 Å². The van der Waals surface area contributed by atoms with E-state index in [4.69, 9.17) is 0 Å². The van der Waals surface area contributed by atoms with E-state index in [1.54, 1.807) is 19.1 Å². The number of fused-ring (bicyclic) bond motifs is 2. The molecule has 2 N–H and O–H groups in total. The normalized spacial score (nSPS) is 14.9. The van der Waals surface area contributed by atoms with E-state index in [0.29, 0.717) is 16.7 Å². The van der Waals surface area contributed by atoms with Gasteiger partial charge in [0.15, 0.2) is 0 Å². The molecule has 0 aliphatic carbocycles. The van der Waals surface area contributed by atoms with E-state index < -0.39 is 0 Å². The van der Waals surface area contributed by atoms with Gasteiger partial charge >= 0.3 is 0 Å². The van der Waals surface area contributed by atoms with Crippen molar-refractivity contribution in [3.05, 3.63) is 58.2 Å². The van der Waals surface area contributed by atoms with Crippen LogP contribution in [0.5, 0.6) is 0 Å². The molecule has 2 heterocycles. The molecule has 134 valence electrons. The topological polar surface area (TPSA) is 66.9 Å². The Labute approximate surface area is 163 Å². The molecule has 0 spiro atoms. The molecule has 7 heteroatoms. The van der Waals surface area contributed by atoms with Gasteiger partial charge in [-0.15, -0.1) is 0 Å². The van der Waals surface area contributed by atoms with Gasteiger partial charge in [-0.3, -0.25) is 4.79 Å². The van der Waals surface area contributed by atoms with Crippen LogP contribution in [0.25, 0.3) is 10.9 Å². The standard InChI is InChI=1S/C20H14BrFN4O/c1-2-3-19(27)26-11-4-5-17-13(6-11)20(25-10-24-17)14-9-23-18-8-15(21)16(22)7-12(14)18/h4-8,10,14,23H,9H2,1H3,(H,26,27). The van der Waals surface area contributed by atoms with Crippen LogP contribution in [-0.4, -0.2) is 22.4 Å². The number of hydrogen-bond acceptors (Lipinski definition) is 4. The number of carbonyl (C=O) groups is 1. The third-order valence-corrected chi connectivity index (χ3v) is 5.06. The van der Waals surface area contributed by atoms with Gasteiger partial charge in [0.25, 0.3) is 5.91 Å². The van der Waals surface area contributed by atoms with Gasteiger partial charge in [0, 0.05) is 29.2 Å². The zero-order valence-electron chi connectivity index (χ0n) is 14.3. The first-order valence-electron chi connectivity index (χ1n) is 8.28. The monoisotopic (exact) mass is 424 g/mol. The van der Waals surface area contributed by atoms with Crippen molar-refractivity contribution in [3.8, 4) is 11.8 Å². The zero-order chi connectivity index (χ0) is 19.0. The van der Waals surface area contributed by atoms with Crippen LogP contribution >= 0.6 is 15.9 Å². The molecule has 27 heavy (non-hydrogen) atoms. The second-order valence-electron chi connectivity index (χ2n) is 6.11. The summed E-state index contributed by atoms with van der Waals surface area (Å²) in [7, 11) is 0. The maximum absolute atomic E-state index is 14.1. The molecule has 1 atom stereocenters. The first-order valence-corrected chi connectivity index (χ1v) is 9.07. The summed E-state index contributed by atoms with van der Waals surface area (Å²) in [6, 6.07) is 8.68. The predicted molar refractivity (Wildman–Crippen MR) is 106 cm³/mol. The largest absolute Gasteiger partial charge is 0.384 e. The highest BCUT2D eigenvalue weighted by molar-refractivity contribution is 9.10. The number of halogens is 2. The molecular weight excluding hydrogens is 411 g/mol. The van der Waals surface area contributed by atoms with Gasteiger partial charge in [0.1, 0.15) is 12.1 Å². The highest BCUT2D eigenvalue weighted by Crippen LogP contribution is 2.40. The minimum atomic E-state index is -0.380. The Morgan fingerprint density at radius 3 is 3.00 bits per heavy atom. The smallest absolute Gasteiger partial charge is 0.300 e. The lowest BCUT2D eigenvalue weighted by atomic mass is 9.94. The van der Waals surface area contributed by atoms with Crippen LogP contribution in [0.1, 0.15) is 24.1 Å². The van der Waals surface area contributed by atoms with Crippen molar-refractivity contribution in [3.63, 3.8) is 0 Å². The molecule has 1 unspecified atom stereocenters. The Hall–Kier alpha value is -2.98. The third-order valence-electron chi connectivity index (χ3n) is 4.46. The number of rotatable bonds is 2. The maximum atomic E-state index is 14.1. The summed E-state index contributed by atoms with van der Waals surface area (Å²) < 4.78 is 14.5. The number of nitrogens with one attached hydrogen (secondary N) is 2. The highest BCUT2D eigenvalue weighted by atomic mass is 79.9. The number of anilines is 2. The van der Waals surface area contributed by atoms with Gasteiger partial charge in [0.2, 0.25) is 0 Å². The first-order chi connectivity index (χ1) is 13.1. The Bertz CT molecular complexity index is 1140. The molecule has 2 aromatic carbocycles. The predicted octanol–water partition coefficient (Wildman–Crippen LogP) is 4.05. The number of amides is 1. The molecule has 3 aromatic rings.